The summed E-state index contributed by atoms with van der Waals surface area (Å²) in [5.41, 5.74) is 2.51. The first-order valence-electron chi connectivity index (χ1n) is 7.11. The van der Waals surface area contributed by atoms with Gasteiger partial charge in [-0.2, -0.15) is 0 Å². The molecule has 0 saturated heterocycles. The van der Waals surface area contributed by atoms with Crippen molar-refractivity contribution in [1.29, 1.82) is 0 Å². The molecule has 2 aromatic rings. The third-order valence-corrected chi connectivity index (χ3v) is 3.27. The molecule has 0 aliphatic rings. The van der Waals surface area contributed by atoms with Crippen molar-refractivity contribution in [2.75, 3.05) is 6.54 Å². The summed E-state index contributed by atoms with van der Waals surface area (Å²) in [6.45, 7) is 5.43. The molecule has 0 unspecified atom stereocenters. The Kier molecular flexibility index (Phi) is 4.79. The number of nitrogens with one attached hydrogen (secondary N) is 2. The molecule has 108 valence electrons. The number of hydrogen-bond donors (Lipinski definition) is 2. The highest BCUT2D eigenvalue weighted by atomic mass is 16.1. The van der Waals surface area contributed by atoms with Crippen molar-refractivity contribution in [3.05, 3.63) is 36.0 Å². The number of carbonyl (C=O) groups is 1. The van der Waals surface area contributed by atoms with Crippen LogP contribution in [0.15, 0.2) is 30.5 Å². The van der Waals surface area contributed by atoms with Crippen molar-refractivity contribution in [3.8, 4) is 0 Å². The van der Waals surface area contributed by atoms with Crippen LogP contribution in [-0.2, 0) is 18.4 Å². The van der Waals surface area contributed by atoms with E-state index in [2.05, 4.69) is 52.7 Å². The molecule has 0 atom stereocenters. The lowest BCUT2D eigenvalue weighted by Gasteiger charge is -2.08. The van der Waals surface area contributed by atoms with E-state index >= 15 is 0 Å². The fourth-order valence-electron chi connectivity index (χ4n) is 2.39. The molecule has 2 N–H and O–H groups in total. The van der Waals surface area contributed by atoms with Crippen molar-refractivity contribution >= 4 is 16.8 Å². The summed E-state index contributed by atoms with van der Waals surface area (Å²) in [4.78, 5) is 11.5. The number of para-hydroxylation sites is 1. The monoisotopic (exact) mass is 273 g/mol. The second-order valence-corrected chi connectivity index (χ2v) is 5.43. The van der Waals surface area contributed by atoms with E-state index in [4.69, 9.17) is 0 Å². The molecule has 4 nitrogen and oxygen atoms in total. The first-order chi connectivity index (χ1) is 9.58. The Balaban J connectivity index is 1.86. The summed E-state index contributed by atoms with van der Waals surface area (Å²) in [6.07, 6.45) is 2.66. The fraction of sp³-hybridized carbons (Fsp3) is 0.438. The molecule has 0 bridgehead atoms. The molecular weight excluding hydrogens is 250 g/mol. The molecule has 1 aromatic heterocycles. The van der Waals surface area contributed by atoms with Crippen molar-refractivity contribution in [3.63, 3.8) is 0 Å². The third kappa shape index (κ3) is 3.61. The molecule has 2 rings (SSSR count). The Morgan fingerprint density at radius 3 is 2.80 bits per heavy atom. The van der Waals surface area contributed by atoms with Crippen LogP contribution in [0, 0.1) is 0 Å². The van der Waals surface area contributed by atoms with E-state index < -0.39 is 0 Å². The average Bonchev–Trinajstić information content (AvgIpc) is 2.72. The summed E-state index contributed by atoms with van der Waals surface area (Å²) < 4.78 is 2.14. The first-order valence-corrected chi connectivity index (χ1v) is 7.11. The summed E-state index contributed by atoms with van der Waals surface area (Å²) >= 11 is 0. The van der Waals surface area contributed by atoms with Crippen molar-refractivity contribution in [2.24, 2.45) is 7.05 Å². The number of nitrogens with zero attached hydrogens (tertiary/aromatic N) is 1. The Bertz CT molecular complexity index is 586. The molecule has 0 radical (unpaired) electrons. The lowest BCUT2D eigenvalue weighted by Crippen LogP contribution is -2.32. The van der Waals surface area contributed by atoms with Crippen LogP contribution in [0.25, 0.3) is 10.9 Å². The number of benzene rings is 1. The molecule has 0 aliphatic heterocycles. The van der Waals surface area contributed by atoms with E-state index in [0.29, 0.717) is 13.0 Å². The van der Waals surface area contributed by atoms with Crippen LogP contribution in [0.4, 0.5) is 0 Å². The van der Waals surface area contributed by atoms with Crippen LogP contribution in [-0.4, -0.2) is 23.1 Å². The van der Waals surface area contributed by atoms with E-state index in [9.17, 15) is 4.79 Å². The van der Waals surface area contributed by atoms with Crippen LogP contribution >= 0.6 is 0 Å². The predicted molar refractivity (Wildman–Crippen MR) is 82.5 cm³/mol. The van der Waals surface area contributed by atoms with Gasteiger partial charge in [0.2, 0.25) is 5.91 Å². The van der Waals surface area contributed by atoms with E-state index in [0.717, 1.165) is 6.54 Å². The van der Waals surface area contributed by atoms with Gasteiger partial charge in [0.25, 0.3) is 0 Å². The topological polar surface area (TPSA) is 46.1 Å². The van der Waals surface area contributed by atoms with Gasteiger partial charge in [-0.25, -0.2) is 0 Å². The van der Waals surface area contributed by atoms with Gasteiger partial charge >= 0.3 is 0 Å². The molecule has 1 amide bonds. The molecular formula is C16H23N3O. The Morgan fingerprint density at radius 1 is 1.30 bits per heavy atom. The molecule has 0 aliphatic carbocycles. The second kappa shape index (κ2) is 6.57. The maximum absolute atomic E-state index is 11.5. The quantitative estimate of drug-likeness (QED) is 0.792. The van der Waals surface area contributed by atoms with E-state index in [1.807, 2.05) is 13.8 Å². The highest BCUT2D eigenvalue weighted by Crippen LogP contribution is 2.19. The van der Waals surface area contributed by atoms with Gasteiger partial charge < -0.3 is 15.2 Å². The lowest BCUT2D eigenvalue weighted by atomic mass is 10.2. The van der Waals surface area contributed by atoms with Crippen LogP contribution < -0.4 is 10.6 Å². The van der Waals surface area contributed by atoms with Gasteiger partial charge in [0.05, 0.1) is 0 Å². The Hall–Kier alpha value is -1.81. The van der Waals surface area contributed by atoms with Crippen molar-refractivity contribution < 1.29 is 4.79 Å². The summed E-state index contributed by atoms with van der Waals surface area (Å²) in [6, 6.07) is 8.57. The number of rotatable bonds is 6. The van der Waals surface area contributed by atoms with E-state index in [1.54, 1.807) is 0 Å². The Labute approximate surface area is 120 Å². The molecule has 0 fully saturated rings. The zero-order valence-corrected chi connectivity index (χ0v) is 12.4. The minimum atomic E-state index is 0.102. The van der Waals surface area contributed by atoms with E-state index in [-0.39, 0.29) is 11.9 Å². The molecule has 1 aromatic carbocycles. The van der Waals surface area contributed by atoms with Gasteiger partial charge in [0, 0.05) is 49.7 Å². The van der Waals surface area contributed by atoms with Gasteiger partial charge in [-0.3, -0.25) is 4.79 Å². The number of aryl methyl sites for hydroxylation is 1. The lowest BCUT2D eigenvalue weighted by molar-refractivity contribution is -0.121. The number of hydrogen-bond acceptors (Lipinski definition) is 2. The van der Waals surface area contributed by atoms with Gasteiger partial charge in [-0.1, -0.05) is 18.2 Å². The standard InChI is InChI=1S/C16H23N3O/c1-12(2)18-16(20)8-9-17-10-13-11-19(3)15-7-5-4-6-14(13)15/h4-7,11-12,17H,8-10H2,1-3H3,(H,18,20). The number of amides is 1. The summed E-state index contributed by atoms with van der Waals surface area (Å²) in [5.74, 6) is 0.102. The maximum atomic E-state index is 11.5. The molecule has 4 heteroatoms. The van der Waals surface area contributed by atoms with Crippen LogP contribution in [0.1, 0.15) is 25.8 Å². The molecule has 1 heterocycles. The third-order valence-electron chi connectivity index (χ3n) is 3.27. The number of fused-ring (bicyclic) bond motifs is 1. The zero-order chi connectivity index (χ0) is 14.5. The molecule has 0 spiro atoms. The predicted octanol–water partition coefficient (Wildman–Crippen LogP) is 2.18. The summed E-state index contributed by atoms with van der Waals surface area (Å²) in [5, 5.41) is 7.50. The maximum Gasteiger partial charge on any atom is 0.221 e. The van der Waals surface area contributed by atoms with Gasteiger partial charge in [0.1, 0.15) is 0 Å². The normalized spacial score (nSPS) is 11.2. The average molecular weight is 273 g/mol. The fourth-order valence-corrected chi connectivity index (χ4v) is 2.39. The first kappa shape index (κ1) is 14.6. The van der Waals surface area contributed by atoms with Gasteiger partial charge in [0.15, 0.2) is 0 Å². The number of carbonyl (C=O) groups excluding carboxylic acids is 1. The van der Waals surface area contributed by atoms with Crippen LogP contribution in [0.3, 0.4) is 0 Å². The molecule has 20 heavy (non-hydrogen) atoms. The van der Waals surface area contributed by atoms with Crippen molar-refractivity contribution in [2.45, 2.75) is 32.9 Å². The smallest absolute Gasteiger partial charge is 0.221 e. The SMILES string of the molecule is CC(C)NC(=O)CCNCc1cn(C)c2ccccc12. The van der Waals surface area contributed by atoms with Gasteiger partial charge in [-0.15, -0.1) is 0 Å². The zero-order valence-electron chi connectivity index (χ0n) is 12.4. The van der Waals surface area contributed by atoms with Crippen LogP contribution in [0.2, 0.25) is 0 Å². The highest BCUT2D eigenvalue weighted by Gasteiger charge is 2.06. The highest BCUT2D eigenvalue weighted by molar-refractivity contribution is 5.83. The van der Waals surface area contributed by atoms with Crippen molar-refractivity contribution in [1.82, 2.24) is 15.2 Å². The van der Waals surface area contributed by atoms with Gasteiger partial charge in [-0.05, 0) is 25.5 Å². The summed E-state index contributed by atoms with van der Waals surface area (Å²) in [7, 11) is 2.06. The minimum Gasteiger partial charge on any atom is -0.354 e. The van der Waals surface area contributed by atoms with Crippen LogP contribution in [0.5, 0.6) is 0 Å². The largest absolute Gasteiger partial charge is 0.354 e. The second-order valence-electron chi connectivity index (χ2n) is 5.43. The Morgan fingerprint density at radius 2 is 2.05 bits per heavy atom. The minimum absolute atomic E-state index is 0.102. The van der Waals surface area contributed by atoms with E-state index in [1.165, 1.54) is 16.5 Å². The number of aromatic nitrogens is 1. The molecule has 0 saturated carbocycles.